The van der Waals surface area contributed by atoms with Crippen LogP contribution in [-0.2, 0) is 4.79 Å². The summed E-state index contributed by atoms with van der Waals surface area (Å²) in [5.41, 5.74) is 0.654. The van der Waals surface area contributed by atoms with E-state index in [4.69, 9.17) is 11.6 Å². The van der Waals surface area contributed by atoms with Crippen LogP contribution in [0.15, 0.2) is 54.2 Å². The third-order valence-electron chi connectivity index (χ3n) is 4.11. The Bertz CT molecular complexity index is 942. The number of non-ortho nitro benzene ring substituents is 1. The molecule has 0 bridgehead atoms. The summed E-state index contributed by atoms with van der Waals surface area (Å²) in [5, 5.41) is 16.6. The van der Waals surface area contributed by atoms with Crippen molar-refractivity contribution in [2.75, 3.05) is 27.2 Å². The third-order valence-corrected chi connectivity index (χ3v) is 4.45. The van der Waals surface area contributed by atoms with Gasteiger partial charge in [-0.15, -0.1) is 0 Å². The SMILES string of the molecule is CN(C)CCCNC(=O)/C(=C\c1ccccc1Cl)NC(=O)c1ccc([N+](=O)[O-])cc1. The summed E-state index contributed by atoms with van der Waals surface area (Å²) >= 11 is 6.18. The maximum atomic E-state index is 12.7. The van der Waals surface area contributed by atoms with Gasteiger partial charge in [0.1, 0.15) is 5.70 Å². The molecule has 158 valence electrons. The number of carbonyl (C=O) groups excluding carboxylic acids is 2. The first kappa shape index (κ1) is 23.1. The highest BCUT2D eigenvalue weighted by molar-refractivity contribution is 6.32. The average molecular weight is 431 g/mol. The number of nitrogens with one attached hydrogen (secondary N) is 2. The fourth-order valence-electron chi connectivity index (χ4n) is 2.53. The van der Waals surface area contributed by atoms with Gasteiger partial charge in [0, 0.05) is 29.3 Å². The standard InChI is InChI=1S/C21H23ClN4O4/c1-25(2)13-5-12-23-21(28)19(14-16-6-3-4-7-18(16)22)24-20(27)15-8-10-17(11-9-15)26(29)30/h3-4,6-11,14H,5,12-13H2,1-2H3,(H,23,28)(H,24,27)/b19-14+. The molecule has 0 saturated carbocycles. The largest absolute Gasteiger partial charge is 0.351 e. The molecule has 0 aliphatic rings. The molecule has 0 aliphatic carbocycles. The van der Waals surface area contributed by atoms with E-state index < -0.39 is 16.7 Å². The van der Waals surface area contributed by atoms with Gasteiger partial charge in [0.05, 0.1) is 4.92 Å². The fourth-order valence-corrected chi connectivity index (χ4v) is 2.72. The van der Waals surface area contributed by atoms with Gasteiger partial charge in [-0.05, 0) is 56.9 Å². The van der Waals surface area contributed by atoms with E-state index in [0.29, 0.717) is 17.1 Å². The Hall–Kier alpha value is -3.23. The number of nitro groups is 1. The van der Waals surface area contributed by atoms with E-state index in [1.807, 2.05) is 19.0 Å². The summed E-state index contributed by atoms with van der Waals surface area (Å²) in [4.78, 5) is 37.5. The molecule has 9 heteroatoms. The van der Waals surface area contributed by atoms with Crippen LogP contribution in [0.1, 0.15) is 22.3 Å². The molecular formula is C21H23ClN4O4. The van der Waals surface area contributed by atoms with Crippen LogP contribution in [0.3, 0.4) is 0 Å². The topological polar surface area (TPSA) is 105 Å². The predicted molar refractivity (Wildman–Crippen MR) is 116 cm³/mol. The number of halogens is 1. The van der Waals surface area contributed by atoms with Gasteiger partial charge in [-0.1, -0.05) is 29.8 Å². The van der Waals surface area contributed by atoms with E-state index >= 15 is 0 Å². The van der Waals surface area contributed by atoms with Crippen LogP contribution in [0.25, 0.3) is 6.08 Å². The quantitative estimate of drug-likeness (QED) is 0.275. The van der Waals surface area contributed by atoms with Gasteiger partial charge in [0.2, 0.25) is 0 Å². The van der Waals surface area contributed by atoms with Crippen molar-refractivity contribution in [2.24, 2.45) is 0 Å². The Labute approximate surface area is 179 Å². The molecule has 0 spiro atoms. The minimum Gasteiger partial charge on any atom is -0.351 e. The second kappa shape index (κ2) is 11.1. The summed E-state index contributed by atoms with van der Waals surface area (Å²) in [5.74, 6) is -1.02. The van der Waals surface area contributed by atoms with Crippen molar-refractivity contribution in [1.82, 2.24) is 15.5 Å². The van der Waals surface area contributed by atoms with Crippen molar-refractivity contribution in [3.63, 3.8) is 0 Å². The summed E-state index contributed by atoms with van der Waals surface area (Å²) in [6.07, 6.45) is 2.24. The zero-order chi connectivity index (χ0) is 22.1. The molecular weight excluding hydrogens is 408 g/mol. The maximum absolute atomic E-state index is 12.7. The van der Waals surface area contributed by atoms with Gasteiger partial charge in [-0.3, -0.25) is 19.7 Å². The molecule has 8 nitrogen and oxygen atoms in total. The van der Waals surface area contributed by atoms with E-state index in [2.05, 4.69) is 10.6 Å². The number of nitro benzene ring substituents is 1. The molecule has 0 saturated heterocycles. The van der Waals surface area contributed by atoms with Crippen LogP contribution in [0.4, 0.5) is 5.69 Å². The fraction of sp³-hybridized carbons (Fsp3) is 0.238. The van der Waals surface area contributed by atoms with Crippen molar-refractivity contribution < 1.29 is 14.5 Å². The van der Waals surface area contributed by atoms with Crippen LogP contribution < -0.4 is 10.6 Å². The Kier molecular flexibility index (Phi) is 8.52. The second-order valence-corrected chi connectivity index (χ2v) is 7.16. The first-order chi connectivity index (χ1) is 14.3. The van der Waals surface area contributed by atoms with Gasteiger partial charge < -0.3 is 15.5 Å². The second-order valence-electron chi connectivity index (χ2n) is 6.75. The lowest BCUT2D eigenvalue weighted by Gasteiger charge is -2.13. The zero-order valence-corrected chi connectivity index (χ0v) is 17.5. The molecule has 0 aliphatic heterocycles. The molecule has 0 heterocycles. The lowest BCUT2D eigenvalue weighted by Crippen LogP contribution is -2.36. The van der Waals surface area contributed by atoms with E-state index in [9.17, 15) is 19.7 Å². The maximum Gasteiger partial charge on any atom is 0.269 e. The number of hydrogen-bond donors (Lipinski definition) is 2. The molecule has 2 aromatic carbocycles. The van der Waals surface area contributed by atoms with Gasteiger partial charge >= 0.3 is 0 Å². The van der Waals surface area contributed by atoms with Crippen molar-refractivity contribution >= 4 is 35.2 Å². The molecule has 2 rings (SSSR count). The summed E-state index contributed by atoms with van der Waals surface area (Å²) in [6.45, 7) is 1.24. The highest BCUT2D eigenvalue weighted by atomic mass is 35.5. The van der Waals surface area contributed by atoms with Gasteiger partial charge in [-0.2, -0.15) is 0 Å². The van der Waals surface area contributed by atoms with Crippen LogP contribution in [-0.4, -0.2) is 48.8 Å². The number of nitrogens with zero attached hydrogens (tertiary/aromatic N) is 2. The molecule has 0 aromatic heterocycles. The van der Waals surface area contributed by atoms with Crippen LogP contribution in [0, 0.1) is 10.1 Å². The average Bonchev–Trinajstić information content (AvgIpc) is 2.72. The number of hydrogen-bond acceptors (Lipinski definition) is 5. The number of benzene rings is 2. The van der Waals surface area contributed by atoms with Crippen LogP contribution >= 0.6 is 11.6 Å². The molecule has 0 fully saturated rings. The zero-order valence-electron chi connectivity index (χ0n) is 16.7. The lowest BCUT2D eigenvalue weighted by molar-refractivity contribution is -0.384. The van der Waals surface area contributed by atoms with Gasteiger partial charge in [-0.25, -0.2) is 0 Å². The Morgan fingerprint density at radius 2 is 1.80 bits per heavy atom. The highest BCUT2D eigenvalue weighted by Crippen LogP contribution is 2.18. The smallest absolute Gasteiger partial charge is 0.269 e. The number of rotatable bonds is 9. The van der Waals surface area contributed by atoms with Crippen molar-refractivity contribution in [2.45, 2.75) is 6.42 Å². The van der Waals surface area contributed by atoms with Gasteiger partial charge in [0.15, 0.2) is 0 Å². The molecule has 2 aromatic rings. The van der Waals surface area contributed by atoms with Crippen molar-refractivity contribution in [1.29, 1.82) is 0 Å². The van der Waals surface area contributed by atoms with E-state index in [-0.39, 0.29) is 16.9 Å². The molecule has 0 atom stereocenters. The summed E-state index contributed by atoms with van der Waals surface area (Å²) in [7, 11) is 3.88. The number of carbonyl (C=O) groups is 2. The molecule has 30 heavy (non-hydrogen) atoms. The van der Waals surface area contributed by atoms with E-state index in [1.54, 1.807) is 24.3 Å². The Morgan fingerprint density at radius 1 is 1.13 bits per heavy atom. The van der Waals surface area contributed by atoms with Crippen molar-refractivity contribution in [3.8, 4) is 0 Å². The molecule has 0 unspecified atom stereocenters. The first-order valence-electron chi connectivity index (χ1n) is 9.23. The third kappa shape index (κ3) is 6.98. The Balaban J connectivity index is 2.20. The van der Waals surface area contributed by atoms with Crippen molar-refractivity contribution in [3.05, 3.63) is 80.5 Å². The van der Waals surface area contributed by atoms with Gasteiger partial charge in [0.25, 0.3) is 17.5 Å². The van der Waals surface area contributed by atoms with Crippen LogP contribution in [0.5, 0.6) is 0 Å². The molecule has 0 radical (unpaired) electrons. The minimum absolute atomic E-state index is 0.0244. The summed E-state index contributed by atoms with van der Waals surface area (Å²) in [6, 6.07) is 12.0. The lowest BCUT2D eigenvalue weighted by atomic mass is 10.1. The van der Waals surface area contributed by atoms with E-state index in [1.165, 1.54) is 30.3 Å². The molecule has 2 amide bonds. The normalized spacial score (nSPS) is 11.3. The number of amides is 2. The van der Waals surface area contributed by atoms with Crippen LogP contribution in [0.2, 0.25) is 5.02 Å². The minimum atomic E-state index is -0.563. The van der Waals surface area contributed by atoms with E-state index in [0.717, 1.165) is 13.0 Å². The summed E-state index contributed by atoms with van der Waals surface area (Å²) < 4.78 is 0. The first-order valence-corrected chi connectivity index (χ1v) is 9.60. The highest BCUT2D eigenvalue weighted by Gasteiger charge is 2.16. The Morgan fingerprint density at radius 3 is 2.40 bits per heavy atom. The predicted octanol–water partition coefficient (Wildman–Crippen LogP) is 3.09. The molecule has 2 N–H and O–H groups in total. The monoisotopic (exact) mass is 430 g/mol.